The Labute approximate surface area is 153 Å². The number of hydrogen-bond acceptors (Lipinski definition) is 1. The van der Waals surface area contributed by atoms with Crippen LogP contribution in [0.2, 0.25) is 0 Å². The highest BCUT2D eigenvalue weighted by Crippen LogP contribution is 2.62. The minimum absolute atomic E-state index is 0.00118. The van der Waals surface area contributed by atoms with Crippen molar-refractivity contribution in [1.82, 2.24) is 4.98 Å². The highest BCUT2D eigenvalue weighted by molar-refractivity contribution is 6.21. The van der Waals surface area contributed by atoms with Gasteiger partial charge in [0.05, 0.1) is 24.0 Å². The van der Waals surface area contributed by atoms with Gasteiger partial charge >= 0.3 is 0 Å². The molecule has 0 bridgehead atoms. The summed E-state index contributed by atoms with van der Waals surface area (Å²) in [6, 6.07) is 6.38. The van der Waals surface area contributed by atoms with Crippen LogP contribution in [0.25, 0.3) is 15.7 Å². The van der Waals surface area contributed by atoms with Gasteiger partial charge in [0.1, 0.15) is 0 Å². The van der Waals surface area contributed by atoms with E-state index in [9.17, 15) is 0 Å². The molecular weight excluding hydrogens is 332 g/mol. The van der Waals surface area contributed by atoms with E-state index in [4.69, 9.17) is 22.9 Å². The van der Waals surface area contributed by atoms with Crippen LogP contribution in [0, 0.1) is 17.9 Å². The van der Waals surface area contributed by atoms with E-state index in [1.54, 1.807) is 0 Å². The molecule has 2 fully saturated rings. The zero-order chi connectivity index (χ0) is 17.6. The Kier molecular flexibility index (Phi) is 3.03. The third-order valence-corrected chi connectivity index (χ3v) is 8.08. The second-order valence-corrected chi connectivity index (χ2v) is 9.32. The zero-order valence-electron chi connectivity index (χ0n) is 14.8. The number of alkyl halides is 1. The Morgan fingerprint density at radius 1 is 1.32 bits per heavy atom. The number of fused-ring (bicyclic) bond motifs is 2. The first-order chi connectivity index (χ1) is 11.9. The first-order valence-corrected chi connectivity index (χ1v) is 9.57. The van der Waals surface area contributed by atoms with Gasteiger partial charge < -0.3 is 14.6 Å². The summed E-state index contributed by atoms with van der Waals surface area (Å²) in [5.41, 5.74) is 3.60. The predicted octanol–water partition coefficient (Wildman–Crippen LogP) is 4.86. The molecule has 25 heavy (non-hydrogen) atoms. The Morgan fingerprint density at radius 2 is 2.08 bits per heavy atom. The van der Waals surface area contributed by atoms with E-state index in [0.29, 0.717) is 5.92 Å². The van der Waals surface area contributed by atoms with E-state index >= 15 is 0 Å². The van der Waals surface area contributed by atoms with Gasteiger partial charge in [-0.05, 0) is 41.9 Å². The van der Waals surface area contributed by atoms with Crippen molar-refractivity contribution < 1.29 is 4.74 Å². The second-order valence-electron chi connectivity index (χ2n) is 8.79. The number of benzene rings is 1. The third kappa shape index (κ3) is 1.80. The van der Waals surface area contributed by atoms with E-state index in [1.165, 1.54) is 22.0 Å². The van der Waals surface area contributed by atoms with Crippen molar-refractivity contribution in [2.24, 2.45) is 11.3 Å². The molecule has 1 aliphatic heterocycles. The summed E-state index contributed by atoms with van der Waals surface area (Å²) in [6.07, 6.45) is 3.20. The van der Waals surface area contributed by atoms with Crippen molar-refractivity contribution in [3.8, 4) is 0 Å². The Balaban J connectivity index is 1.78. The van der Waals surface area contributed by atoms with Gasteiger partial charge in [-0.15, -0.1) is 11.6 Å². The first kappa shape index (κ1) is 15.7. The Hall–Kier alpha value is -1.50. The van der Waals surface area contributed by atoms with Crippen LogP contribution in [0.4, 0.5) is 0 Å². The van der Waals surface area contributed by atoms with Crippen LogP contribution < -0.4 is 0 Å². The van der Waals surface area contributed by atoms with Crippen LogP contribution in [0.15, 0.2) is 24.4 Å². The predicted molar refractivity (Wildman–Crippen MR) is 100 cm³/mol. The molecule has 2 aliphatic carbocycles. The van der Waals surface area contributed by atoms with Crippen LogP contribution in [0.5, 0.6) is 0 Å². The van der Waals surface area contributed by atoms with Gasteiger partial charge in [-0.25, -0.2) is 6.57 Å². The summed E-state index contributed by atoms with van der Waals surface area (Å²) in [4.78, 5) is 7.63. The molecule has 3 nitrogen and oxygen atoms in total. The first-order valence-electron chi connectivity index (χ1n) is 9.13. The molecule has 0 radical (unpaired) electrons. The minimum Gasteiger partial charge on any atom is -0.372 e. The maximum atomic E-state index is 8.05. The van der Waals surface area contributed by atoms with E-state index in [0.717, 1.165) is 13.0 Å². The largest absolute Gasteiger partial charge is 0.372 e. The number of rotatable bonds is 1. The zero-order valence-corrected chi connectivity index (χ0v) is 15.6. The number of nitrogens with one attached hydrogen (secondary N) is 1. The summed E-state index contributed by atoms with van der Waals surface area (Å²) < 4.78 is 5.67. The van der Waals surface area contributed by atoms with Gasteiger partial charge in [0, 0.05) is 22.5 Å². The molecule has 130 valence electrons. The molecule has 4 heteroatoms. The van der Waals surface area contributed by atoms with Crippen LogP contribution >= 0.6 is 11.6 Å². The molecule has 1 N–H and O–H groups in total. The summed E-state index contributed by atoms with van der Waals surface area (Å²) >= 11 is 6.95. The van der Waals surface area contributed by atoms with Crippen LogP contribution in [0.3, 0.4) is 0 Å². The SMILES string of the molecule is [C-]#[N+]C1C2c3c[nH]c4cccc(c34)C(C)(C)C2CC(Cl)C1(C)C1CO1. The third-order valence-electron chi connectivity index (χ3n) is 7.43. The monoisotopic (exact) mass is 354 g/mol. The van der Waals surface area contributed by atoms with Crippen molar-refractivity contribution in [2.45, 2.75) is 56.0 Å². The van der Waals surface area contributed by atoms with E-state index < -0.39 is 0 Å². The molecule has 5 rings (SSSR count). The lowest BCUT2D eigenvalue weighted by molar-refractivity contribution is 0.0688. The van der Waals surface area contributed by atoms with Gasteiger partial charge in [0.15, 0.2) is 0 Å². The fourth-order valence-electron chi connectivity index (χ4n) is 5.78. The summed E-state index contributed by atoms with van der Waals surface area (Å²) in [7, 11) is 0. The standard InChI is InChI=1S/C21H23ClN2O/c1-20(2)12-6-5-7-14-17(12)11(9-24-14)18-13(20)8-15(22)21(3,16-10-25-16)19(18)23-4/h5-7,9,13,15-16,18-19,24H,8,10H2,1-3H3. The van der Waals surface area contributed by atoms with E-state index in [2.05, 4.69) is 55.0 Å². The maximum Gasteiger partial charge on any atom is 0.240 e. The molecule has 1 aromatic carbocycles. The fraction of sp³-hybridized carbons (Fsp3) is 0.571. The number of aromatic amines is 1. The molecule has 0 amide bonds. The average molecular weight is 355 g/mol. The Bertz CT molecular complexity index is 906. The number of nitrogens with zero attached hydrogens (tertiary/aromatic N) is 1. The molecule has 6 atom stereocenters. The number of ether oxygens (including phenoxy) is 1. The summed E-state index contributed by atoms with van der Waals surface area (Å²) in [5.74, 6) is 0.579. The fourth-order valence-corrected chi connectivity index (χ4v) is 6.24. The van der Waals surface area contributed by atoms with Gasteiger partial charge in [0.25, 0.3) is 0 Å². The molecular formula is C21H23ClN2O. The summed E-state index contributed by atoms with van der Waals surface area (Å²) in [5, 5.41) is 1.30. The topological polar surface area (TPSA) is 32.7 Å². The van der Waals surface area contributed by atoms with Gasteiger partial charge in [-0.1, -0.05) is 26.0 Å². The number of hydrogen-bond donors (Lipinski definition) is 1. The van der Waals surface area contributed by atoms with Gasteiger partial charge in [-0.2, -0.15) is 0 Å². The summed E-state index contributed by atoms with van der Waals surface area (Å²) in [6.45, 7) is 15.6. The van der Waals surface area contributed by atoms with Crippen molar-refractivity contribution in [3.05, 3.63) is 46.9 Å². The van der Waals surface area contributed by atoms with Crippen molar-refractivity contribution in [1.29, 1.82) is 0 Å². The molecule has 0 spiro atoms. The lowest BCUT2D eigenvalue weighted by Gasteiger charge is -2.53. The van der Waals surface area contributed by atoms with E-state index in [-0.39, 0.29) is 34.3 Å². The molecule has 1 saturated heterocycles. The normalized spacial score (nSPS) is 41.2. The van der Waals surface area contributed by atoms with Crippen molar-refractivity contribution in [3.63, 3.8) is 0 Å². The van der Waals surface area contributed by atoms with Crippen molar-refractivity contribution in [2.75, 3.05) is 6.61 Å². The van der Waals surface area contributed by atoms with E-state index in [1.807, 2.05) is 0 Å². The molecule has 1 saturated carbocycles. The lowest BCUT2D eigenvalue weighted by atomic mass is 9.50. The van der Waals surface area contributed by atoms with Crippen molar-refractivity contribution >= 4 is 22.5 Å². The number of halogens is 1. The van der Waals surface area contributed by atoms with Crippen LogP contribution in [0.1, 0.15) is 44.2 Å². The average Bonchev–Trinajstić information content (AvgIpc) is 3.36. The molecule has 2 aromatic rings. The Morgan fingerprint density at radius 3 is 2.76 bits per heavy atom. The van der Waals surface area contributed by atoms with Crippen LogP contribution in [-0.4, -0.2) is 29.1 Å². The number of H-pyrrole nitrogens is 1. The van der Waals surface area contributed by atoms with Gasteiger partial charge in [-0.3, -0.25) is 0 Å². The maximum absolute atomic E-state index is 8.05. The lowest BCUT2D eigenvalue weighted by Crippen LogP contribution is -2.56. The molecule has 6 unspecified atom stereocenters. The number of epoxide rings is 1. The highest BCUT2D eigenvalue weighted by atomic mass is 35.5. The molecule has 2 heterocycles. The minimum atomic E-state index is -0.281. The second kappa shape index (κ2) is 4.81. The smallest absolute Gasteiger partial charge is 0.240 e. The molecule has 3 aliphatic rings. The molecule has 1 aromatic heterocycles. The van der Waals surface area contributed by atoms with Crippen LogP contribution in [-0.2, 0) is 10.2 Å². The van der Waals surface area contributed by atoms with Gasteiger partial charge in [0.2, 0.25) is 6.04 Å². The number of aromatic nitrogens is 1. The highest BCUT2D eigenvalue weighted by Gasteiger charge is 2.66. The quantitative estimate of drug-likeness (QED) is 0.442.